The van der Waals surface area contributed by atoms with Gasteiger partial charge < -0.3 is 10.5 Å². The molecule has 0 fully saturated rings. The van der Waals surface area contributed by atoms with Crippen LogP contribution in [0.5, 0.6) is 0 Å². The Morgan fingerprint density at radius 2 is 2.29 bits per heavy atom. The molecule has 96 valence electrons. The monoisotopic (exact) mass is 278 g/mol. The average molecular weight is 279 g/mol. The van der Waals surface area contributed by atoms with Gasteiger partial charge in [0.05, 0.1) is 6.61 Å². The summed E-state index contributed by atoms with van der Waals surface area (Å²) in [6, 6.07) is 0. The summed E-state index contributed by atoms with van der Waals surface area (Å²) >= 11 is 7.09. The largest absolute Gasteiger partial charge is 0.465 e. The predicted molar refractivity (Wildman–Crippen MR) is 67.6 cm³/mol. The number of halogens is 1. The molecule has 1 aromatic heterocycles. The number of hydrogen-bond acceptors (Lipinski definition) is 5. The number of hydrogen-bond donors (Lipinski definition) is 1. The van der Waals surface area contributed by atoms with E-state index in [1.807, 2.05) is 0 Å². The maximum atomic E-state index is 11.6. The fourth-order valence-corrected chi connectivity index (χ4v) is 2.63. The van der Waals surface area contributed by atoms with Gasteiger partial charge in [-0.1, -0.05) is 22.9 Å². The molecule has 1 aromatic rings. The highest BCUT2D eigenvalue weighted by Gasteiger charge is 2.15. The quantitative estimate of drug-likeness (QED) is 0.789. The SMILES string of the molecule is CCOC(=O)Cn1c(Cl)c(CCCN)sc1=O. The Balaban J connectivity index is 2.82. The van der Waals surface area contributed by atoms with E-state index in [-0.39, 0.29) is 18.0 Å². The van der Waals surface area contributed by atoms with Gasteiger partial charge in [-0.25, -0.2) is 0 Å². The van der Waals surface area contributed by atoms with Gasteiger partial charge in [-0.15, -0.1) is 0 Å². The van der Waals surface area contributed by atoms with Gasteiger partial charge in [0.1, 0.15) is 11.7 Å². The highest BCUT2D eigenvalue weighted by Crippen LogP contribution is 2.20. The molecule has 0 amide bonds. The van der Waals surface area contributed by atoms with Crippen LogP contribution in [0.15, 0.2) is 4.79 Å². The van der Waals surface area contributed by atoms with Crippen molar-refractivity contribution in [2.24, 2.45) is 5.73 Å². The van der Waals surface area contributed by atoms with Crippen LogP contribution in [-0.4, -0.2) is 23.7 Å². The molecule has 0 aromatic carbocycles. The Morgan fingerprint density at radius 3 is 2.88 bits per heavy atom. The van der Waals surface area contributed by atoms with Crippen molar-refractivity contribution in [1.82, 2.24) is 4.57 Å². The van der Waals surface area contributed by atoms with Gasteiger partial charge in [0.25, 0.3) is 0 Å². The van der Waals surface area contributed by atoms with E-state index in [1.54, 1.807) is 6.92 Å². The van der Waals surface area contributed by atoms with E-state index in [4.69, 9.17) is 22.1 Å². The zero-order valence-corrected chi connectivity index (χ0v) is 11.1. The summed E-state index contributed by atoms with van der Waals surface area (Å²) in [4.78, 5) is 23.4. The summed E-state index contributed by atoms with van der Waals surface area (Å²) in [6.45, 7) is 2.41. The van der Waals surface area contributed by atoms with Gasteiger partial charge in [0.2, 0.25) is 0 Å². The van der Waals surface area contributed by atoms with Gasteiger partial charge in [-0.2, -0.15) is 0 Å². The zero-order chi connectivity index (χ0) is 12.8. The molecule has 0 bridgehead atoms. The van der Waals surface area contributed by atoms with Crippen molar-refractivity contribution in [2.45, 2.75) is 26.3 Å². The summed E-state index contributed by atoms with van der Waals surface area (Å²) in [5.74, 6) is -0.459. The summed E-state index contributed by atoms with van der Waals surface area (Å²) in [5, 5.41) is 0.321. The molecule has 0 saturated heterocycles. The lowest BCUT2D eigenvalue weighted by molar-refractivity contribution is -0.143. The maximum absolute atomic E-state index is 11.6. The molecule has 1 heterocycles. The fraction of sp³-hybridized carbons (Fsp3) is 0.600. The number of aromatic nitrogens is 1. The minimum absolute atomic E-state index is 0.134. The summed E-state index contributed by atoms with van der Waals surface area (Å²) in [6.07, 6.45) is 1.42. The van der Waals surface area contributed by atoms with Crippen molar-refractivity contribution in [2.75, 3.05) is 13.2 Å². The van der Waals surface area contributed by atoms with Crippen molar-refractivity contribution in [1.29, 1.82) is 0 Å². The first kappa shape index (κ1) is 14.2. The molecule has 0 saturated carbocycles. The van der Waals surface area contributed by atoms with Crippen LogP contribution in [0.3, 0.4) is 0 Å². The molecule has 0 spiro atoms. The van der Waals surface area contributed by atoms with Crippen molar-refractivity contribution in [3.8, 4) is 0 Å². The third kappa shape index (κ3) is 3.83. The number of rotatable bonds is 6. The molecule has 0 unspecified atom stereocenters. The first-order chi connectivity index (χ1) is 8.10. The number of aryl methyl sites for hydroxylation is 1. The van der Waals surface area contributed by atoms with Gasteiger partial charge in [0, 0.05) is 4.88 Å². The Hall–Kier alpha value is -0.850. The second-order valence-corrected chi connectivity index (χ2v) is 4.77. The fourth-order valence-electron chi connectivity index (χ4n) is 1.32. The van der Waals surface area contributed by atoms with Crippen LogP contribution < -0.4 is 10.6 Å². The van der Waals surface area contributed by atoms with Gasteiger partial charge in [-0.3, -0.25) is 14.2 Å². The van der Waals surface area contributed by atoms with E-state index >= 15 is 0 Å². The number of thiazole rings is 1. The second-order valence-electron chi connectivity index (χ2n) is 3.37. The van der Waals surface area contributed by atoms with E-state index in [1.165, 1.54) is 4.57 Å². The lowest BCUT2D eigenvalue weighted by Gasteiger charge is -2.03. The molecule has 5 nitrogen and oxygen atoms in total. The van der Waals surface area contributed by atoms with Crippen LogP contribution in [0.25, 0.3) is 0 Å². The van der Waals surface area contributed by atoms with Crippen LogP contribution in [-0.2, 0) is 22.5 Å². The molecule has 0 aliphatic carbocycles. The van der Waals surface area contributed by atoms with Crippen molar-refractivity contribution in [3.63, 3.8) is 0 Å². The number of esters is 1. The van der Waals surface area contributed by atoms with Crippen molar-refractivity contribution >= 4 is 28.9 Å². The van der Waals surface area contributed by atoms with E-state index in [0.29, 0.717) is 18.1 Å². The lowest BCUT2D eigenvalue weighted by Crippen LogP contribution is -2.21. The van der Waals surface area contributed by atoms with Gasteiger partial charge in [0.15, 0.2) is 0 Å². The van der Waals surface area contributed by atoms with E-state index in [0.717, 1.165) is 22.6 Å². The zero-order valence-electron chi connectivity index (χ0n) is 9.57. The molecule has 0 aliphatic rings. The molecular weight excluding hydrogens is 264 g/mol. The average Bonchev–Trinajstić information content (AvgIpc) is 2.54. The first-order valence-electron chi connectivity index (χ1n) is 5.33. The predicted octanol–water partition coefficient (Wildman–Crippen LogP) is 1.02. The Labute approximate surface area is 108 Å². The lowest BCUT2D eigenvalue weighted by atomic mass is 10.3. The topological polar surface area (TPSA) is 74.3 Å². The van der Waals surface area contributed by atoms with Crippen LogP contribution in [0, 0.1) is 0 Å². The van der Waals surface area contributed by atoms with Gasteiger partial charge in [-0.05, 0) is 26.3 Å². The number of nitrogens with zero attached hydrogens (tertiary/aromatic N) is 1. The number of carbonyl (C=O) groups is 1. The Bertz CT molecular complexity index is 441. The third-order valence-corrected chi connectivity index (χ3v) is 3.68. The smallest absolute Gasteiger partial charge is 0.326 e. The van der Waals surface area contributed by atoms with E-state index in [9.17, 15) is 9.59 Å². The molecule has 0 atom stereocenters. The maximum Gasteiger partial charge on any atom is 0.326 e. The highest BCUT2D eigenvalue weighted by molar-refractivity contribution is 7.09. The minimum atomic E-state index is -0.459. The van der Waals surface area contributed by atoms with Crippen LogP contribution in [0.2, 0.25) is 5.15 Å². The summed E-state index contributed by atoms with van der Waals surface area (Å²) in [7, 11) is 0. The molecule has 0 aliphatic heterocycles. The number of ether oxygens (including phenoxy) is 1. The van der Waals surface area contributed by atoms with E-state index < -0.39 is 5.97 Å². The summed E-state index contributed by atoms with van der Waals surface area (Å²) < 4.78 is 6.01. The molecule has 17 heavy (non-hydrogen) atoms. The molecule has 0 radical (unpaired) electrons. The second kappa shape index (κ2) is 6.78. The molecular formula is C10H15ClN2O3S. The third-order valence-electron chi connectivity index (χ3n) is 2.10. The minimum Gasteiger partial charge on any atom is -0.465 e. The summed E-state index contributed by atoms with van der Waals surface area (Å²) in [5.41, 5.74) is 5.39. The molecule has 2 N–H and O–H groups in total. The Morgan fingerprint density at radius 1 is 1.59 bits per heavy atom. The van der Waals surface area contributed by atoms with Crippen LogP contribution in [0.4, 0.5) is 0 Å². The number of carbonyl (C=O) groups excluding carboxylic acids is 1. The van der Waals surface area contributed by atoms with Crippen molar-refractivity contribution in [3.05, 3.63) is 19.7 Å². The van der Waals surface area contributed by atoms with E-state index in [2.05, 4.69) is 0 Å². The van der Waals surface area contributed by atoms with Crippen LogP contribution >= 0.6 is 22.9 Å². The normalized spacial score (nSPS) is 10.5. The Kier molecular flexibility index (Phi) is 5.67. The molecule has 1 rings (SSSR count). The molecule has 7 heteroatoms. The first-order valence-corrected chi connectivity index (χ1v) is 6.53. The standard InChI is InChI=1S/C10H15ClN2O3S/c1-2-16-8(14)6-13-9(11)7(4-3-5-12)17-10(13)15/h2-6,12H2,1H3. The number of nitrogens with two attached hydrogens (primary N) is 1. The van der Waals surface area contributed by atoms with Crippen LogP contribution in [0.1, 0.15) is 18.2 Å². The van der Waals surface area contributed by atoms with Crippen molar-refractivity contribution < 1.29 is 9.53 Å². The van der Waals surface area contributed by atoms with Gasteiger partial charge >= 0.3 is 10.8 Å². The highest BCUT2D eigenvalue weighted by atomic mass is 35.5.